The van der Waals surface area contributed by atoms with Crippen molar-refractivity contribution < 1.29 is 30.3 Å². The van der Waals surface area contributed by atoms with Gasteiger partial charge in [-0.05, 0) is 124 Å². The number of unbranched alkanes of at least 4 members (excludes halogenated alkanes) is 4. The number of aromatic nitrogens is 2. The molecule has 0 radical (unpaired) electrons. The van der Waals surface area contributed by atoms with Gasteiger partial charge in [0, 0.05) is 12.1 Å². The zero-order valence-electron chi connectivity index (χ0n) is 31.5. The third kappa shape index (κ3) is 12.2. The summed E-state index contributed by atoms with van der Waals surface area (Å²) in [4.78, 5) is 21.1. The number of pyridine rings is 1. The number of carboxylic acid groups (broad SMARTS) is 1. The van der Waals surface area contributed by atoms with E-state index in [-0.39, 0.29) is 36.0 Å². The summed E-state index contributed by atoms with van der Waals surface area (Å²) in [6.07, 6.45) is 19.9. The van der Waals surface area contributed by atoms with Crippen molar-refractivity contribution in [2.24, 2.45) is 29.6 Å². The van der Waals surface area contributed by atoms with Crippen LogP contribution in [0.4, 0.5) is 5.82 Å². The van der Waals surface area contributed by atoms with Gasteiger partial charge in [0.15, 0.2) is 0 Å². The lowest BCUT2D eigenvalue weighted by molar-refractivity contribution is -0.146. The van der Waals surface area contributed by atoms with Crippen molar-refractivity contribution >= 4 is 11.8 Å². The molecule has 1 fully saturated rings. The van der Waals surface area contributed by atoms with Gasteiger partial charge in [0.2, 0.25) is 0 Å². The Hall–Kier alpha value is -3.66. The number of anilines is 1. The molecule has 9 nitrogen and oxygen atoms in total. The number of nitrogen functional groups attached to an aromatic ring is 1. The van der Waals surface area contributed by atoms with Crippen LogP contribution >= 0.6 is 0 Å². The number of aliphatic hydroxyl groups is 3. The number of carboxylic acids is 1. The van der Waals surface area contributed by atoms with E-state index in [1.54, 1.807) is 18.3 Å². The molecule has 2 aliphatic rings. The minimum Gasteiger partial charge on any atom is -0.667 e. The second-order valence-corrected chi connectivity index (χ2v) is 16.2. The molecule has 5 rings (SSSR count). The lowest BCUT2D eigenvalue weighted by Gasteiger charge is -2.33. The third-order valence-electron chi connectivity index (χ3n) is 12.0. The van der Waals surface area contributed by atoms with E-state index in [9.17, 15) is 30.3 Å². The van der Waals surface area contributed by atoms with Crippen molar-refractivity contribution in [2.45, 2.75) is 134 Å². The number of hydrogen-bond acceptors (Lipinski definition) is 7. The van der Waals surface area contributed by atoms with Crippen LogP contribution in [0.15, 0.2) is 67.0 Å². The summed E-state index contributed by atoms with van der Waals surface area (Å²) < 4.78 is 0. The number of phenolic OH excluding ortho intramolecular Hbond substituents is 1. The molecule has 0 bridgehead atoms. The van der Waals surface area contributed by atoms with Crippen LogP contribution in [0.3, 0.4) is 0 Å². The normalized spacial score (nSPS) is 25.4. The SMILES string of the molecule is CCCCC[C@@H]1C=C[C@@H](CCCCC[C@H](C(=O)O)[C@H](O)CC[C@]2(O)C[C@H](Cc3ccnc(N)c3)C[C@H]2Cc2cc(Cc3ccc(O)cc3)c[n-]2)[C@H](O)C1. The Morgan fingerprint density at radius 3 is 2.49 bits per heavy atom. The van der Waals surface area contributed by atoms with Crippen LogP contribution in [-0.4, -0.2) is 54.3 Å². The van der Waals surface area contributed by atoms with Gasteiger partial charge in [-0.2, -0.15) is 11.9 Å². The minimum atomic E-state index is -1.08. The first-order valence-corrected chi connectivity index (χ1v) is 20.1. The van der Waals surface area contributed by atoms with Crippen molar-refractivity contribution in [2.75, 3.05) is 5.73 Å². The molecule has 2 heterocycles. The average Bonchev–Trinajstić information content (AvgIpc) is 3.69. The van der Waals surface area contributed by atoms with Crippen molar-refractivity contribution in [1.82, 2.24) is 9.97 Å². The van der Waals surface area contributed by atoms with E-state index in [0.29, 0.717) is 50.3 Å². The number of nitrogens with zero attached hydrogens (tertiary/aromatic N) is 2. The molecule has 2 aliphatic carbocycles. The maximum Gasteiger partial charge on any atom is 0.309 e. The lowest BCUT2D eigenvalue weighted by atomic mass is 9.80. The monoisotopic (exact) mass is 728 g/mol. The van der Waals surface area contributed by atoms with Gasteiger partial charge in [0.25, 0.3) is 0 Å². The van der Waals surface area contributed by atoms with Crippen LogP contribution in [0.1, 0.15) is 119 Å². The molecule has 0 amide bonds. The second-order valence-electron chi connectivity index (χ2n) is 16.2. The van der Waals surface area contributed by atoms with E-state index in [0.717, 1.165) is 67.3 Å². The first-order valence-electron chi connectivity index (χ1n) is 20.1. The largest absolute Gasteiger partial charge is 0.667 e. The minimum absolute atomic E-state index is 0.102. The van der Waals surface area contributed by atoms with E-state index in [1.165, 1.54) is 19.3 Å². The second kappa shape index (κ2) is 19.6. The molecule has 0 unspecified atom stereocenters. The highest BCUT2D eigenvalue weighted by molar-refractivity contribution is 5.70. The topological polar surface area (TPSA) is 171 Å². The molecular weight excluding hydrogens is 666 g/mol. The average molecular weight is 729 g/mol. The molecule has 1 aromatic carbocycles. The molecule has 9 heteroatoms. The van der Waals surface area contributed by atoms with E-state index in [2.05, 4.69) is 30.1 Å². The van der Waals surface area contributed by atoms with Gasteiger partial charge in [0.05, 0.1) is 23.7 Å². The van der Waals surface area contributed by atoms with Gasteiger partial charge in [-0.3, -0.25) is 4.79 Å². The number of benzene rings is 1. The molecule has 3 aromatic rings. The first kappa shape index (κ1) is 40.5. The van der Waals surface area contributed by atoms with Crippen molar-refractivity contribution in [3.8, 4) is 5.75 Å². The van der Waals surface area contributed by atoms with Crippen LogP contribution < -0.4 is 10.7 Å². The molecule has 8 atom stereocenters. The number of rotatable bonds is 21. The molecule has 0 aliphatic heterocycles. The summed E-state index contributed by atoms with van der Waals surface area (Å²) >= 11 is 0. The number of hydrogen-bond donors (Lipinski definition) is 6. The Labute approximate surface area is 315 Å². The molecular formula is C44H62N3O6-. The summed E-state index contributed by atoms with van der Waals surface area (Å²) in [6.45, 7) is 2.21. The third-order valence-corrected chi connectivity index (χ3v) is 12.0. The summed E-state index contributed by atoms with van der Waals surface area (Å²) in [6, 6.07) is 13.1. The molecule has 0 spiro atoms. The fourth-order valence-corrected chi connectivity index (χ4v) is 8.98. The van der Waals surface area contributed by atoms with Crippen LogP contribution in [0, 0.1) is 29.6 Å². The highest BCUT2D eigenvalue weighted by Crippen LogP contribution is 2.46. The Kier molecular flexibility index (Phi) is 15.0. The maximum atomic E-state index is 12.3. The van der Waals surface area contributed by atoms with Crippen LogP contribution in [0.2, 0.25) is 0 Å². The lowest BCUT2D eigenvalue weighted by Crippen LogP contribution is -2.37. The van der Waals surface area contributed by atoms with Gasteiger partial charge >= 0.3 is 5.97 Å². The van der Waals surface area contributed by atoms with Gasteiger partial charge < -0.3 is 36.3 Å². The summed E-state index contributed by atoms with van der Waals surface area (Å²) in [5.74, 6) is -0.476. The number of carbonyl (C=O) groups is 1. The van der Waals surface area contributed by atoms with E-state index >= 15 is 0 Å². The number of aliphatic hydroxyl groups excluding tert-OH is 2. The van der Waals surface area contributed by atoms with Crippen LogP contribution in [0.5, 0.6) is 5.75 Å². The van der Waals surface area contributed by atoms with E-state index in [4.69, 9.17) is 10.7 Å². The fourth-order valence-electron chi connectivity index (χ4n) is 8.98. The quantitative estimate of drug-likeness (QED) is 0.0484. The summed E-state index contributed by atoms with van der Waals surface area (Å²) in [5, 5.41) is 53.9. The van der Waals surface area contributed by atoms with Crippen molar-refractivity contribution in [3.63, 3.8) is 0 Å². The van der Waals surface area contributed by atoms with Crippen molar-refractivity contribution in [1.29, 1.82) is 0 Å². The van der Waals surface area contributed by atoms with Gasteiger partial charge in [-0.15, -0.1) is 0 Å². The molecule has 53 heavy (non-hydrogen) atoms. The molecule has 290 valence electrons. The Balaban J connectivity index is 1.14. The van der Waals surface area contributed by atoms with E-state index < -0.39 is 23.6 Å². The molecule has 1 saturated carbocycles. The highest BCUT2D eigenvalue weighted by Gasteiger charge is 2.45. The molecule has 2 aromatic heterocycles. The number of allylic oxidation sites excluding steroid dienone is 1. The smallest absolute Gasteiger partial charge is 0.309 e. The zero-order valence-corrected chi connectivity index (χ0v) is 31.5. The van der Waals surface area contributed by atoms with Crippen LogP contribution in [0.25, 0.3) is 0 Å². The number of aliphatic carboxylic acids is 1. The number of phenols is 1. The Morgan fingerprint density at radius 1 is 0.962 bits per heavy atom. The zero-order chi connectivity index (χ0) is 37.8. The predicted octanol–water partition coefficient (Wildman–Crippen LogP) is 7.39. The Bertz CT molecular complexity index is 1590. The van der Waals surface area contributed by atoms with Crippen LogP contribution in [-0.2, 0) is 24.1 Å². The summed E-state index contributed by atoms with van der Waals surface area (Å²) in [7, 11) is 0. The van der Waals surface area contributed by atoms with Crippen molar-refractivity contribution in [3.05, 3.63) is 89.4 Å². The van der Waals surface area contributed by atoms with Gasteiger partial charge in [0.1, 0.15) is 11.6 Å². The molecule has 7 N–H and O–H groups in total. The first-order chi connectivity index (χ1) is 25.5. The fraction of sp³-hybridized carbons (Fsp3) is 0.591. The molecule has 0 saturated heterocycles. The number of aromatic hydroxyl groups is 1. The highest BCUT2D eigenvalue weighted by atomic mass is 16.4. The standard InChI is InChI=1S/C44H62N3O6/c1-2-3-5-8-30-11-14-35(41(50)25-30)9-6-4-7-10-39(43(51)52)40(49)17-19-44(53)28-33(22-32-18-20-46-42(45)26-32)23-36(44)27-37-24-34(29-47-37)21-31-12-15-38(48)16-13-31/h11-16,18,20,24,26,29-30,33,35-36,39-41,48-50,53H,2-10,17,19,21-23,25,27-28H2,1H3,(H2,45,46)(H,51,52)/q-1/t30-,33-,35-,36+,39+,40-,41-,44+/m1/s1. The number of nitrogens with two attached hydrogens (primary N) is 1. The summed E-state index contributed by atoms with van der Waals surface area (Å²) in [5.41, 5.74) is 8.99. The Morgan fingerprint density at radius 2 is 1.75 bits per heavy atom. The van der Waals surface area contributed by atoms with E-state index in [1.807, 2.05) is 30.5 Å². The van der Waals surface area contributed by atoms with Gasteiger partial charge in [-0.1, -0.05) is 81.4 Å². The maximum absolute atomic E-state index is 12.3. The van der Waals surface area contributed by atoms with Gasteiger partial charge in [-0.25, -0.2) is 4.98 Å². The predicted molar refractivity (Wildman–Crippen MR) is 208 cm³/mol.